The lowest BCUT2D eigenvalue weighted by molar-refractivity contribution is 0.186. The molecule has 1 saturated heterocycles. The molecular formula is C26H27N3OS. The Morgan fingerprint density at radius 2 is 1.58 bits per heavy atom. The Morgan fingerprint density at radius 3 is 2.32 bits per heavy atom. The molecule has 0 aliphatic carbocycles. The molecule has 0 radical (unpaired) electrons. The number of hydrogen-bond donors (Lipinski definition) is 0. The van der Waals surface area contributed by atoms with Gasteiger partial charge in [-0.25, -0.2) is 4.98 Å². The molecule has 4 nitrogen and oxygen atoms in total. The summed E-state index contributed by atoms with van der Waals surface area (Å²) in [4.78, 5) is 20.7. The van der Waals surface area contributed by atoms with Crippen LogP contribution >= 0.6 is 11.3 Å². The lowest BCUT2D eigenvalue weighted by Gasteiger charge is -2.30. The third-order valence-electron chi connectivity index (χ3n) is 6.33. The van der Waals surface area contributed by atoms with Crippen molar-refractivity contribution in [3.8, 4) is 22.5 Å². The van der Waals surface area contributed by atoms with Crippen LogP contribution in [-0.4, -0.2) is 34.1 Å². The molecule has 4 aromatic rings. The second-order valence-corrected chi connectivity index (χ2v) is 9.41. The molecule has 31 heavy (non-hydrogen) atoms. The van der Waals surface area contributed by atoms with E-state index in [1.54, 1.807) is 0 Å². The van der Waals surface area contributed by atoms with E-state index in [1.165, 1.54) is 29.7 Å². The summed E-state index contributed by atoms with van der Waals surface area (Å²) < 4.78 is 2.63. The summed E-state index contributed by atoms with van der Waals surface area (Å²) in [6.07, 6.45) is 2.48. The smallest absolute Gasteiger partial charge is 0.271 e. The number of aromatic nitrogens is 2. The minimum Gasteiger partial charge on any atom is -0.302 e. The number of nitrogens with zero attached hydrogens (tertiary/aromatic N) is 3. The van der Waals surface area contributed by atoms with Gasteiger partial charge in [-0.1, -0.05) is 61.5 Å². The maximum Gasteiger partial charge on any atom is 0.271 e. The number of fused-ring (bicyclic) bond motifs is 1. The molecule has 1 fully saturated rings. The molecule has 3 heterocycles. The first-order valence-corrected chi connectivity index (χ1v) is 11.9. The summed E-state index contributed by atoms with van der Waals surface area (Å²) in [7, 11) is 0. The fourth-order valence-electron chi connectivity index (χ4n) is 4.34. The van der Waals surface area contributed by atoms with Crippen molar-refractivity contribution in [2.75, 3.05) is 19.6 Å². The first-order chi connectivity index (χ1) is 15.2. The Morgan fingerprint density at radius 1 is 0.903 bits per heavy atom. The van der Waals surface area contributed by atoms with Gasteiger partial charge in [0.05, 0.1) is 5.52 Å². The van der Waals surface area contributed by atoms with Gasteiger partial charge in [0.2, 0.25) is 0 Å². The summed E-state index contributed by atoms with van der Waals surface area (Å²) in [6.45, 7) is 6.12. The highest BCUT2D eigenvalue weighted by molar-refractivity contribution is 7.17. The van der Waals surface area contributed by atoms with Crippen molar-refractivity contribution >= 4 is 21.6 Å². The first kappa shape index (κ1) is 20.2. The SMILES string of the molecule is CC1CCN(CCn2c(-c3ccc(-c4ccccc4)cc3)nc3ccsc3c2=O)CC1. The lowest BCUT2D eigenvalue weighted by atomic mass is 9.99. The third kappa shape index (κ3) is 4.21. The lowest BCUT2D eigenvalue weighted by Crippen LogP contribution is -2.37. The van der Waals surface area contributed by atoms with Crippen molar-refractivity contribution in [1.29, 1.82) is 0 Å². The van der Waals surface area contributed by atoms with Gasteiger partial charge in [-0.3, -0.25) is 9.36 Å². The van der Waals surface area contributed by atoms with E-state index in [0.29, 0.717) is 6.54 Å². The van der Waals surface area contributed by atoms with Crippen LogP contribution in [0.1, 0.15) is 19.8 Å². The maximum absolute atomic E-state index is 13.3. The fourth-order valence-corrected chi connectivity index (χ4v) is 5.12. The van der Waals surface area contributed by atoms with E-state index in [4.69, 9.17) is 4.98 Å². The average Bonchev–Trinajstić information content (AvgIpc) is 3.29. The van der Waals surface area contributed by atoms with Crippen molar-refractivity contribution in [1.82, 2.24) is 14.5 Å². The highest BCUT2D eigenvalue weighted by atomic mass is 32.1. The van der Waals surface area contributed by atoms with Gasteiger partial charge < -0.3 is 4.90 Å². The Bertz CT molecular complexity index is 1220. The van der Waals surface area contributed by atoms with Gasteiger partial charge in [-0.2, -0.15) is 0 Å². The van der Waals surface area contributed by atoms with E-state index in [9.17, 15) is 4.79 Å². The summed E-state index contributed by atoms with van der Waals surface area (Å²) in [5.74, 6) is 1.57. The van der Waals surface area contributed by atoms with Crippen LogP contribution in [0.25, 0.3) is 32.7 Å². The quantitative estimate of drug-likeness (QED) is 0.419. The highest BCUT2D eigenvalue weighted by Crippen LogP contribution is 2.26. The summed E-state index contributed by atoms with van der Waals surface area (Å²) in [5, 5.41) is 1.96. The molecule has 158 valence electrons. The van der Waals surface area contributed by atoms with Gasteiger partial charge in [0.25, 0.3) is 5.56 Å². The van der Waals surface area contributed by atoms with Crippen LogP contribution in [0.2, 0.25) is 0 Å². The molecule has 1 aliphatic heterocycles. The summed E-state index contributed by atoms with van der Waals surface area (Å²) in [5.41, 5.74) is 4.20. The minimum atomic E-state index is 0.0764. The normalized spacial score (nSPS) is 15.5. The average molecular weight is 430 g/mol. The van der Waals surface area contributed by atoms with Crippen LogP contribution in [-0.2, 0) is 6.54 Å². The number of rotatable bonds is 5. The Labute approximate surface area is 186 Å². The number of hydrogen-bond acceptors (Lipinski definition) is 4. The molecular weight excluding hydrogens is 402 g/mol. The zero-order chi connectivity index (χ0) is 21.2. The maximum atomic E-state index is 13.3. The zero-order valence-corrected chi connectivity index (χ0v) is 18.6. The van der Waals surface area contributed by atoms with Gasteiger partial charge in [0, 0.05) is 18.7 Å². The van der Waals surface area contributed by atoms with E-state index in [2.05, 4.69) is 48.2 Å². The molecule has 0 amide bonds. The third-order valence-corrected chi connectivity index (χ3v) is 7.22. The highest BCUT2D eigenvalue weighted by Gasteiger charge is 2.18. The summed E-state index contributed by atoms with van der Waals surface area (Å²) in [6, 6.07) is 20.7. The van der Waals surface area contributed by atoms with E-state index in [0.717, 1.165) is 52.7 Å². The molecule has 0 atom stereocenters. The molecule has 5 rings (SSSR count). The number of benzene rings is 2. The Balaban J connectivity index is 1.48. The fraction of sp³-hybridized carbons (Fsp3) is 0.308. The molecule has 2 aromatic heterocycles. The van der Waals surface area contributed by atoms with Crippen LogP contribution in [0.3, 0.4) is 0 Å². The van der Waals surface area contributed by atoms with Crippen molar-refractivity contribution in [3.63, 3.8) is 0 Å². The van der Waals surface area contributed by atoms with Crippen LogP contribution < -0.4 is 5.56 Å². The molecule has 5 heteroatoms. The molecule has 0 unspecified atom stereocenters. The van der Waals surface area contributed by atoms with E-state index < -0.39 is 0 Å². The Hall–Kier alpha value is -2.76. The molecule has 0 saturated carbocycles. The van der Waals surface area contributed by atoms with E-state index in [-0.39, 0.29) is 5.56 Å². The number of likely N-dealkylation sites (tertiary alicyclic amines) is 1. The second-order valence-electron chi connectivity index (χ2n) is 8.49. The first-order valence-electron chi connectivity index (χ1n) is 11.1. The van der Waals surface area contributed by atoms with Gasteiger partial charge in [-0.15, -0.1) is 11.3 Å². The monoisotopic (exact) mass is 429 g/mol. The standard InChI is InChI=1S/C26H27N3OS/c1-19-11-14-28(15-12-19)16-17-29-25(27-23-13-18-31-24(23)26(29)30)22-9-7-21(8-10-22)20-5-3-2-4-6-20/h2-10,13,18-19H,11-12,14-17H2,1H3. The zero-order valence-electron chi connectivity index (χ0n) is 17.8. The van der Waals surface area contributed by atoms with Gasteiger partial charge in [0.1, 0.15) is 10.5 Å². The predicted molar refractivity (Wildman–Crippen MR) is 130 cm³/mol. The van der Waals surface area contributed by atoms with Crippen LogP contribution in [0.5, 0.6) is 0 Å². The van der Waals surface area contributed by atoms with Crippen LogP contribution in [0.4, 0.5) is 0 Å². The summed E-state index contributed by atoms with van der Waals surface area (Å²) >= 11 is 1.48. The van der Waals surface area contributed by atoms with Crippen molar-refractivity contribution in [2.24, 2.45) is 5.92 Å². The van der Waals surface area contributed by atoms with Gasteiger partial charge in [0.15, 0.2) is 0 Å². The van der Waals surface area contributed by atoms with Crippen molar-refractivity contribution < 1.29 is 0 Å². The van der Waals surface area contributed by atoms with E-state index in [1.807, 2.05) is 34.2 Å². The van der Waals surface area contributed by atoms with Crippen molar-refractivity contribution in [2.45, 2.75) is 26.3 Å². The van der Waals surface area contributed by atoms with Crippen molar-refractivity contribution in [3.05, 3.63) is 76.4 Å². The molecule has 0 bridgehead atoms. The topological polar surface area (TPSA) is 38.1 Å². The second kappa shape index (κ2) is 8.77. The predicted octanol–water partition coefficient (Wildman–Crippen LogP) is 5.52. The Kier molecular flexibility index (Phi) is 5.70. The molecule has 0 spiro atoms. The largest absolute Gasteiger partial charge is 0.302 e. The van der Waals surface area contributed by atoms with E-state index >= 15 is 0 Å². The number of thiophene rings is 1. The molecule has 2 aromatic carbocycles. The van der Waals surface area contributed by atoms with Gasteiger partial charge in [-0.05, 0) is 54.4 Å². The minimum absolute atomic E-state index is 0.0764. The number of piperidine rings is 1. The van der Waals surface area contributed by atoms with Crippen LogP contribution in [0, 0.1) is 5.92 Å². The van der Waals surface area contributed by atoms with Gasteiger partial charge >= 0.3 is 0 Å². The van der Waals surface area contributed by atoms with Crippen LogP contribution in [0.15, 0.2) is 70.8 Å². The molecule has 0 N–H and O–H groups in total. The molecule has 1 aliphatic rings.